The molecule has 0 saturated carbocycles. The lowest BCUT2D eigenvalue weighted by Crippen LogP contribution is -2.33. The minimum atomic E-state index is 0.0800. The van der Waals surface area contributed by atoms with Gasteiger partial charge in [0.05, 0.1) is 11.0 Å². The topological polar surface area (TPSA) is 43.6 Å². The highest BCUT2D eigenvalue weighted by Crippen LogP contribution is 2.49. The number of fused-ring (bicyclic) bond motifs is 9. The molecular formula is C51H40N4S. The van der Waals surface area contributed by atoms with Crippen molar-refractivity contribution in [3.63, 3.8) is 0 Å². The highest BCUT2D eigenvalue weighted by Gasteiger charge is 2.38. The number of hydrogen-bond donors (Lipinski definition) is 0. The molecule has 4 nitrogen and oxygen atoms in total. The Kier molecular flexibility index (Phi) is 7.21. The molecule has 0 atom stereocenters. The molecule has 0 amide bonds. The Hall–Kier alpha value is -6.17. The Bertz CT molecular complexity index is 3200. The molecule has 0 saturated heterocycles. The van der Waals surface area contributed by atoms with Gasteiger partial charge in [-0.15, -0.1) is 11.3 Å². The largest absolute Gasteiger partial charge is 0.309 e. The minimum absolute atomic E-state index is 0.0800. The highest BCUT2D eigenvalue weighted by atomic mass is 32.1. The van der Waals surface area contributed by atoms with Crippen LogP contribution in [-0.4, -0.2) is 19.5 Å². The van der Waals surface area contributed by atoms with E-state index >= 15 is 0 Å². The molecule has 3 aromatic heterocycles. The molecule has 0 aliphatic heterocycles. The number of benzene rings is 7. The van der Waals surface area contributed by atoms with Crippen molar-refractivity contribution in [3.05, 3.63) is 157 Å². The summed E-state index contributed by atoms with van der Waals surface area (Å²) in [6, 6.07) is 52.5. The van der Waals surface area contributed by atoms with Gasteiger partial charge in [0, 0.05) is 53.3 Å². The van der Waals surface area contributed by atoms with E-state index in [1.54, 1.807) is 11.3 Å². The average Bonchev–Trinajstić information content (AvgIpc) is 3.78. The Morgan fingerprint density at radius 1 is 0.500 bits per heavy atom. The number of nitrogens with zero attached hydrogens (tertiary/aromatic N) is 4. The summed E-state index contributed by atoms with van der Waals surface area (Å²) < 4.78 is 4.91. The molecule has 1 aliphatic carbocycles. The van der Waals surface area contributed by atoms with Gasteiger partial charge in [0.15, 0.2) is 17.5 Å². The fraction of sp³-hybridized carbons (Fsp3) is 0.157. The van der Waals surface area contributed by atoms with E-state index in [0.29, 0.717) is 17.5 Å². The lowest BCUT2D eigenvalue weighted by atomic mass is 9.63. The van der Waals surface area contributed by atoms with E-state index in [-0.39, 0.29) is 10.8 Å². The smallest absolute Gasteiger partial charge is 0.165 e. The zero-order valence-corrected chi connectivity index (χ0v) is 32.8. The molecular weight excluding hydrogens is 701 g/mol. The maximum Gasteiger partial charge on any atom is 0.165 e. The van der Waals surface area contributed by atoms with E-state index in [4.69, 9.17) is 15.0 Å². The first kappa shape index (κ1) is 33.2. The van der Waals surface area contributed by atoms with Crippen LogP contribution in [0.1, 0.15) is 51.7 Å². The van der Waals surface area contributed by atoms with Crippen LogP contribution in [0.3, 0.4) is 0 Å². The van der Waals surface area contributed by atoms with Crippen LogP contribution in [0.25, 0.3) is 92.6 Å². The summed E-state index contributed by atoms with van der Waals surface area (Å²) in [5.74, 6) is 1.99. The fourth-order valence-electron chi connectivity index (χ4n) is 9.17. The molecule has 5 heteroatoms. The van der Waals surface area contributed by atoms with Gasteiger partial charge >= 0.3 is 0 Å². The lowest BCUT2D eigenvalue weighted by Gasteiger charge is -2.42. The molecule has 1 aliphatic rings. The van der Waals surface area contributed by atoms with Crippen molar-refractivity contribution in [2.45, 2.75) is 51.4 Å². The molecule has 0 radical (unpaired) electrons. The number of hydrogen-bond acceptors (Lipinski definition) is 4. The summed E-state index contributed by atoms with van der Waals surface area (Å²) in [4.78, 5) is 15.6. The molecule has 0 unspecified atom stereocenters. The highest BCUT2D eigenvalue weighted by molar-refractivity contribution is 7.26. The summed E-state index contributed by atoms with van der Waals surface area (Å²) >= 11 is 1.80. The second-order valence-corrected chi connectivity index (χ2v) is 17.8. The molecule has 56 heavy (non-hydrogen) atoms. The third-order valence-electron chi connectivity index (χ3n) is 12.3. The second kappa shape index (κ2) is 12.2. The van der Waals surface area contributed by atoms with Crippen molar-refractivity contribution in [1.82, 2.24) is 19.5 Å². The van der Waals surface area contributed by atoms with Gasteiger partial charge in [-0.05, 0) is 88.0 Å². The van der Waals surface area contributed by atoms with Crippen LogP contribution in [-0.2, 0) is 10.8 Å². The monoisotopic (exact) mass is 740 g/mol. The van der Waals surface area contributed by atoms with E-state index in [9.17, 15) is 0 Å². The first-order chi connectivity index (χ1) is 27.2. The third kappa shape index (κ3) is 5.07. The Morgan fingerprint density at radius 3 is 1.96 bits per heavy atom. The molecule has 0 bridgehead atoms. The summed E-state index contributed by atoms with van der Waals surface area (Å²) in [5.41, 5.74) is 9.55. The second-order valence-electron chi connectivity index (χ2n) is 16.7. The van der Waals surface area contributed by atoms with Gasteiger partial charge in [-0.1, -0.05) is 131 Å². The van der Waals surface area contributed by atoms with Gasteiger partial charge in [-0.3, -0.25) is 0 Å². The van der Waals surface area contributed by atoms with Crippen LogP contribution in [0.4, 0.5) is 0 Å². The Morgan fingerprint density at radius 2 is 1.14 bits per heavy atom. The molecule has 7 aromatic carbocycles. The van der Waals surface area contributed by atoms with Crippen molar-refractivity contribution in [3.8, 4) is 39.9 Å². The molecule has 0 spiro atoms. The van der Waals surface area contributed by atoms with E-state index in [0.717, 1.165) is 28.8 Å². The van der Waals surface area contributed by atoms with Crippen LogP contribution in [0.5, 0.6) is 0 Å². The summed E-state index contributed by atoms with van der Waals surface area (Å²) in [6.07, 6.45) is 2.34. The maximum atomic E-state index is 5.28. The standard InChI is InChI=1S/C51H40N4S/c1-50(2)26-27-51(3,4)41-30-43-39(29-40(41)50)45-35-19-9-8-14-31(35)24-25-42(45)55(43)34-18-12-17-33(28-34)48-52-47(32-15-6-5-7-16-32)53-49(54-48)38-22-13-21-37-36-20-10-11-23-44(36)56-46(37)38/h5-25,28-30H,26-27H2,1-4H3. The summed E-state index contributed by atoms with van der Waals surface area (Å²) in [5, 5.41) is 7.62. The first-order valence-electron chi connectivity index (χ1n) is 19.6. The predicted octanol–water partition coefficient (Wildman–Crippen LogP) is 13.8. The molecule has 0 fully saturated rings. The van der Waals surface area contributed by atoms with Crippen molar-refractivity contribution in [1.29, 1.82) is 0 Å². The normalized spacial score (nSPS) is 14.9. The third-order valence-corrected chi connectivity index (χ3v) is 13.5. The van der Waals surface area contributed by atoms with Crippen LogP contribution in [0.2, 0.25) is 0 Å². The van der Waals surface area contributed by atoms with Gasteiger partial charge in [0.1, 0.15) is 0 Å². The fourth-order valence-corrected chi connectivity index (χ4v) is 10.4. The predicted molar refractivity (Wildman–Crippen MR) is 236 cm³/mol. The Labute approximate surface area is 330 Å². The maximum absolute atomic E-state index is 5.28. The van der Waals surface area contributed by atoms with Crippen LogP contribution in [0, 0.1) is 0 Å². The molecule has 11 rings (SSSR count). The summed E-state index contributed by atoms with van der Waals surface area (Å²) in [6.45, 7) is 9.67. The van der Waals surface area contributed by atoms with Gasteiger partial charge in [0.2, 0.25) is 0 Å². The zero-order chi connectivity index (χ0) is 37.8. The van der Waals surface area contributed by atoms with Crippen LogP contribution >= 0.6 is 11.3 Å². The lowest BCUT2D eigenvalue weighted by molar-refractivity contribution is 0.332. The number of aromatic nitrogens is 4. The van der Waals surface area contributed by atoms with E-state index in [1.165, 1.54) is 70.3 Å². The SMILES string of the molecule is CC1(C)CCC(C)(C)c2cc3c(cc21)c1c2ccccc2ccc1n3-c1cccc(-c2nc(-c3ccccc3)nc(-c3cccc4c3sc3ccccc34)n2)c1. The minimum Gasteiger partial charge on any atom is -0.309 e. The number of rotatable bonds is 4. The van der Waals surface area contributed by atoms with E-state index in [2.05, 4.69) is 160 Å². The molecule has 270 valence electrons. The van der Waals surface area contributed by atoms with E-state index in [1.807, 2.05) is 18.2 Å². The number of thiophene rings is 1. The first-order valence-corrected chi connectivity index (χ1v) is 20.4. The Balaban J connectivity index is 1.16. The van der Waals surface area contributed by atoms with Crippen LogP contribution in [0.15, 0.2) is 146 Å². The van der Waals surface area contributed by atoms with Gasteiger partial charge in [0.25, 0.3) is 0 Å². The van der Waals surface area contributed by atoms with Crippen molar-refractivity contribution < 1.29 is 0 Å². The quantitative estimate of drug-likeness (QED) is 0.180. The van der Waals surface area contributed by atoms with Gasteiger partial charge < -0.3 is 4.57 Å². The van der Waals surface area contributed by atoms with Gasteiger partial charge in [-0.2, -0.15) is 0 Å². The van der Waals surface area contributed by atoms with Gasteiger partial charge in [-0.25, -0.2) is 15.0 Å². The zero-order valence-electron chi connectivity index (χ0n) is 32.0. The van der Waals surface area contributed by atoms with Crippen molar-refractivity contribution >= 4 is 64.1 Å². The van der Waals surface area contributed by atoms with Crippen molar-refractivity contribution in [2.24, 2.45) is 0 Å². The van der Waals surface area contributed by atoms with Crippen LogP contribution < -0.4 is 0 Å². The molecule has 3 heterocycles. The molecule has 10 aromatic rings. The molecule has 0 N–H and O–H groups in total. The average molecular weight is 741 g/mol. The van der Waals surface area contributed by atoms with E-state index < -0.39 is 0 Å². The van der Waals surface area contributed by atoms with Crippen molar-refractivity contribution in [2.75, 3.05) is 0 Å². The summed E-state index contributed by atoms with van der Waals surface area (Å²) in [7, 11) is 0.